The van der Waals surface area contributed by atoms with Crippen LogP contribution in [0.2, 0.25) is 18.1 Å². The van der Waals surface area contributed by atoms with Crippen LogP contribution in [0, 0.1) is 0 Å². The molecule has 0 aromatic heterocycles. The quantitative estimate of drug-likeness (QED) is 0.453. The molecule has 0 aliphatic carbocycles. The first kappa shape index (κ1) is 22.5. The largest absolute Gasteiger partial charge is 2.00 e. The van der Waals surface area contributed by atoms with Crippen molar-refractivity contribution in [2.45, 2.75) is 38.9 Å². The summed E-state index contributed by atoms with van der Waals surface area (Å²) in [5.41, 5.74) is 0. The van der Waals surface area contributed by atoms with Crippen LogP contribution in [-0.4, -0.2) is 8.80 Å². The van der Waals surface area contributed by atoms with E-state index in [0.29, 0.717) is 0 Å². The Morgan fingerprint density at radius 2 is 1.00 bits per heavy atom. The molecule has 0 N–H and O–H groups in total. The maximum absolute atomic E-state index is 2.32. The van der Waals surface area contributed by atoms with Crippen molar-refractivity contribution in [3.8, 4) is 0 Å². The Balaban J connectivity index is -0.0000000600. The molecule has 4 heteroatoms. The molecule has 0 unspecified atom stereocenters. The van der Waals surface area contributed by atoms with Crippen molar-refractivity contribution in [1.82, 2.24) is 0 Å². The van der Waals surface area contributed by atoms with Crippen LogP contribution in [0.15, 0.2) is 0 Å². The summed E-state index contributed by atoms with van der Waals surface area (Å²) in [4.78, 5) is 0. The van der Waals surface area contributed by atoms with Gasteiger partial charge in [-0.25, -0.2) is 0 Å². The van der Waals surface area contributed by atoms with E-state index in [0.717, 1.165) is 0 Å². The van der Waals surface area contributed by atoms with Crippen molar-refractivity contribution >= 4 is 8.80 Å². The van der Waals surface area contributed by atoms with Crippen LogP contribution in [0.3, 0.4) is 0 Å². The average molecular weight is 253 g/mol. The van der Waals surface area contributed by atoms with E-state index in [9.17, 15) is 0 Å². The summed E-state index contributed by atoms with van der Waals surface area (Å²) < 4.78 is 0. The van der Waals surface area contributed by atoms with Gasteiger partial charge in [0, 0.05) is 8.80 Å². The molecule has 0 radical (unpaired) electrons. The molecule has 0 aliphatic rings. The number of hydrogen-bond acceptors (Lipinski definition) is 0. The second kappa shape index (κ2) is 16.8. The van der Waals surface area contributed by atoms with E-state index in [2.05, 4.69) is 20.8 Å². The molecule has 0 aromatic carbocycles. The van der Waals surface area contributed by atoms with E-state index in [4.69, 9.17) is 0 Å². The Hall–Kier alpha value is 1.42. The van der Waals surface area contributed by atoms with E-state index in [-0.39, 0.29) is 53.1 Å². The van der Waals surface area contributed by atoms with Gasteiger partial charge in [0.25, 0.3) is 0 Å². The third kappa shape index (κ3) is 12.1. The molecule has 0 aliphatic heterocycles. The van der Waals surface area contributed by atoms with Crippen molar-refractivity contribution < 1.29 is 44.3 Å². The van der Waals surface area contributed by atoms with E-state index in [1.165, 1.54) is 18.1 Å². The summed E-state index contributed by atoms with van der Waals surface area (Å²) >= 11 is 0. The fourth-order valence-corrected chi connectivity index (χ4v) is 2.60. The summed E-state index contributed by atoms with van der Waals surface area (Å²) in [6.45, 7) is 6.97. The molecule has 0 amide bonds. The third-order valence-corrected chi connectivity index (χ3v) is 5.20. The third-order valence-electron chi connectivity index (χ3n) is 1.73. The second-order valence-electron chi connectivity index (χ2n) is 2.09. The van der Waals surface area contributed by atoms with Crippen LogP contribution >= 0.6 is 0 Å². The molecule has 60 valence electrons. The first-order valence-corrected chi connectivity index (χ1v) is 5.80. The molecule has 10 heavy (non-hydrogen) atoms. The predicted octanol–water partition coefficient (Wildman–Crippen LogP) is -3.72. The standard InChI is InChI=1S/C6H16Si.2ClH.Zn/c1-4-7(5-2)6-3;;;/h7H,4-6H2,1-3H3;2*1H;/q;;;+2/p-2. The molecular formula is C6H16Cl2SiZn. The van der Waals surface area contributed by atoms with Crippen LogP contribution in [-0.2, 0) is 19.5 Å². The van der Waals surface area contributed by atoms with E-state index in [1.807, 2.05) is 0 Å². The first-order valence-electron chi connectivity index (χ1n) is 3.35. The summed E-state index contributed by atoms with van der Waals surface area (Å²) in [6, 6.07) is 4.48. The van der Waals surface area contributed by atoms with E-state index in [1.54, 1.807) is 0 Å². The van der Waals surface area contributed by atoms with Gasteiger partial charge < -0.3 is 24.8 Å². The van der Waals surface area contributed by atoms with Crippen molar-refractivity contribution in [3.05, 3.63) is 0 Å². The molecule has 0 saturated heterocycles. The molecule has 0 aromatic rings. The van der Waals surface area contributed by atoms with Gasteiger partial charge in [0.05, 0.1) is 0 Å². The molecular weight excluding hydrogens is 236 g/mol. The zero-order valence-electron chi connectivity index (χ0n) is 7.16. The summed E-state index contributed by atoms with van der Waals surface area (Å²) in [5.74, 6) is 0. The predicted molar refractivity (Wildman–Crippen MR) is 38.6 cm³/mol. The van der Waals surface area contributed by atoms with Crippen LogP contribution in [0.4, 0.5) is 0 Å². The van der Waals surface area contributed by atoms with E-state index >= 15 is 0 Å². The van der Waals surface area contributed by atoms with Gasteiger partial charge in [-0.1, -0.05) is 38.9 Å². The molecule has 0 atom stereocenters. The fraction of sp³-hybridized carbons (Fsp3) is 1.00. The monoisotopic (exact) mass is 250 g/mol. The zero-order valence-corrected chi connectivity index (χ0v) is 12.8. The first-order chi connectivity index (χ1) is 3.35. The molecule has 0 heterocycles. The summed E-state index contributed by atoms with van der Waals surface area (Å²) in [5, 5.41) is 0. The average Bonchev–Trinajstić information content (AvgIpc) is 1.72. The number of hydrogen-bond donors (Lipinski definition) is 0. The van der Waals surface area contributed by atoms with Gasteiger partial charge in [-0.05, 0) is 0 Å². The Bertz CT molecular complexity index is 37.2. The number of rotatable bonds is 3. The smallest absolute Gasteiger partial charge is 1.00 e. The van der Waals surface area contributed by atoms with Crippen LogP contribution in [0.25, 0.3) is 0 Å². The fourth-order valence-electron chi connectivity index (χ4n) is 0.866. The molecule has 0 fully saturated rings. The SMILES string of the molecule is CC[SiH](CC)CC.[Cl-].[Cl-].[Zn+2]. The molecule has 0 spiro atoms. The maximum Gasteiger partial charge on any atom is 2.00 e. The minimum absolute atomic E-state index is 0. The van der Waals surface area contributed by atoms with Gasteiger partial charge >= 0.3 is 19.5 Å². The molecule has 0 rings (SSSR count). The second-order valence-corrected chi connectivity index (χ2v) is 6.27. The Morgan fingerprint density at radius 1 is 0.800 bits per heavy atom. The van der Waals surface area contributed by atoms with Crippen LogP contribution < -0.4 is 24.8 Å². The Morgan fingerprint density at radius 3 is 1.00 bits per heavy atom. The van der Waals surface area contributed by atoms with Crippen molar-refractivity contribution in [1.29, 1.82) is 0 Å². The van der Waals surface area contributed by atoms with Gasteiger partial charge in [-0.15, -0.1) is 0 Å². The molecule has 0 saturated carbocycles. The molecule has 0 nitrogen and oxygen atoms in total. The van der Waals surface area contributed by atoms with Crippen molar-refractivity contribution in [3.63, 3.8) is 0 Å². The Kier molecular flexibility index (Phi) is 37.8. The van der Waals surface area contributed by atoms with Gasteiger partial charge in [0.15, 0.2) is 0 Å². The maximum atomic E-state index is 2.32. The zero-order chi connectivity index (χ0) is 5.70. The summed E-state index contributed by atoms with van der Waals surface area (Å²) in [6.07, 6.45) is 0. The van der Waals surface area contributed by atoms with Gasteiger partial charge in [0.1, 0.15) is 0 Å². The Labute approximate surface area is 91.7 Å². The van der Waals surface area contributed by atoms with Crippen molar-refractivity contribution in [2.75, 3.05) is 0 Å². The topological polar surface area (TPSA) is 0 Å². The minimum atomic E-state index is -0.171. The minimum Gasteiger partial charge on any atom is -1.00 e. The molecule has 0 bridgehead atoms. The van der Waals surface area contributed by atoms with Gasteiger partial charge in [-0.2, -0.15) is 0 Å². The normalized spacial score (nSPS) is 7.20. The van der Waals surface area contributed by atoms with Gasteiger partial charge in [-0.3, -0.25) is 0 Å². The van der Waals surface area contributed by atoms with Crippen molar-refractivity contribution in [2.24, 2.45) is 0 Å². The number of halogens is 2. The van der Waals surface area contributed by atoms with Gasteiger partial charge in [0.2, 0.25) is 0 Å². The van der Waals surface area contributed by atoms with Crippen LogP contribution in [0.5, 0.6) is 0 Å². The van der Waals surface area contributed by atoms with Crippen LogP contribution in [0.1, 0.15) is 20.8 Å². The summed E-state index contributed by atoms with van der Waals surface area (Å²) in [7, 11) is -0.171. The van der Waals surface area contributed by atoms with E-state index < -0.39 is 0 Å².